The van der Waals surface area contributed by atoms with E-state index in [1.165, 1.54) is 0 Å². The molecule has 184 valence electrons. The van der Waals surface area contributed by atoms with Crippen molar-refractivity contribution < 1.29 is 19.2 Å². The van der Waals surface area contributed by atoms with E-state index in [0.717, 1.165) is 103 Å². The van der Waals surface area contributed by atoms with E-state index in [1.807, 2.05) is 0 Å². The summed E-state index contributed by atoms with van der Waals surface area (Å²) in [6, 6.07) is 0. The first-order valence-corrected chi connectivity index (χ1v) is 13.6. The molecule has 35 heavy (non-hydrogen) atoms. The number of hydrogen-bond donors (Lipinski definition) is 2. The van der Waals surface area contributed by atoms with Gasteiger partial charge in [0.25, 0.3) is 0 Å². The summed E-state index contributed by atoms with van der Waals surface area (Å²) in [5, 5.41) is 6.96. The van der Waals surface area contributed by atoms with E-state index < -0.39 is 0 Å². The van der Waals surface area contributed by atoms with Gasteiger partial charge in [-0.1, -0.05) is 6.42 Å². The molecule has 6 heteroatoms. The number of ketones is 4. The Labute approximate surface area is 206 Å². The molecule has 0 amide bonds. The quantitative estimate of drug-likeness (QED) is 0.618. The molecule has 0 radical (unpaired) electrons. The van der Waals surface area contributed by atoms with E-state index in [2.05, 4.69) is 10.6 Å². The molecule has 0 spiro atoms. The first kappa shape index (κ1) is 22.7. The van der Waals surface area contributed by atoms with E-state index >= 15 is 0 Å². The van der Waals surface area contributed by atoms with Crippen molar-refractivity contribution in [2.75, 3.05) is 0 Å². The van der Waals surface area contributed by atoms with Crippen LogP contribution in [0.5, 0.6) is 0 Å². The molecule has 0 aromatic carbocycles. The van der Waals surface area contributed by atoms with E-state index in [9.17, 15) is 19.2 Å². The highest BCUT2D eigenvalue weighted by Crippen LogP contribution is 2.45. The second-order valence-corrected chi connectivity index (χ2v) is 11.0. The second kappa shape index (κ2) is 9.03. The summed E-state index contributed by atoms with van der Waals surface area (Å²) in [6.45, 7) is 0. The average molecular weight is 475 g/mol. The van der Waals surface area contributed by atoms with Crippen LogP contribution in [0.3, 0.4) is 0 Å². The maximum Gasteiger partial charge on any atom is 0.161 e. The minimum Gasteiger partial charge on any atom is -0.362 e. The third-order valence-corrected chi connectivity index (χ3v) is 8.81. The lowest BCUT2D eigenvalue weighted by Crippen LogP contribution is -2.38. The van der Waals surface area contributed by atoms with Crippen molar-refractivity contribution in [1.82, 2.24) is 10.6 Å². The molecule has 6 aliphatic rings. The zero-order chi connectivity index (χ0) is 24.1. The van der Waals surface area contributed by atoms with Gasteiger partial charge in [0.05, 0.1) is 0 Å². The molecule has 6 rings (SSSR count). The molecule has 0 aromatic rings. The zero-order valence-corrected chi connectivity index (χ0v) is 20.4. The van der Waals surface area contributed by atoms with Gasteiger partial charge in [0.2, 0.25) is 0 Å². The molecule has 0 saturated carbocycles. The zero-order valence-electron chi connectivity index (χ0n) is 20.4. The van der Waals surface area contributed by atoms with Crippen molar-refractivity contribution in [2.45, 2.75) is 96.3 Å². The van der Waals surface area contributed by atoms with Gasteiger partial charge >= 0.3 is 0 Å². The fourth-order valence-corrected chi connectivity index (χ4v) is 7.35. The standard InChI is InChI=1S/C29H34N2O4/c32-22-12-2-8-18-26(22)16(27-19(30-18)9-3-13-23(27)33)6-1-7-17-28-20(10-4-14-24(28)34)31-21-11-5-15-25(35)29(17)21/h16-17,30-31H,1-15H2. The van der Waals surface area contributed by atoms with Gasteiger partial charge in [0.15, 0.2) is 23.1 Å². The van der Waals surface area contributed by atoms with E-state index in [0.29, 0.717) is 38.5 Å². The Hall–Kier alpha value is -2.76. The predicted octanol–water partition coefficient (Wildman–Crippen LogP) is 4.62. The first-order valence-electron chi connectivity index (χ1n) is 13.6. The van der Waals surface area contributed by atoms with Gasteiger partial charge in [-0.05, 0) is 64.2 Å². The summed E-state index contributed by atoms with van der Waals surface area (Å²) in [4.78, 5) is 52.0. The fourth-order valence-electron chi connectivity index (χ4n) is 7.35. The Bertz CT molecular complexity index is 991. The van der Waals surface area contributed by atoms with Gasteiger partial charge in [0.1, 0.15) is 0 Å². The van der Waals surface area contributed by atoms with Crippen LogP contribution in [0.15, 0.2) is 45.1 Å². The molecule has 0 bridgehead atoms. The van der Waals surface area contributed by atoms with Crippen LogP contribution in [0, 0.1) is 11.8 Å². The summed E-state index contributed by atoms with van der Waals surface area (Å²) in [5.74, 6) is 0.418. The average Bonchev–Trinajstić information content (AvgIpc) is 2.83. The van der Waals surface area contributed by atoms with Crippen LogP contribution in [-0.4, -0.2) is 23.1 Å². The fraction of sp³-hybridized carbons (Fsp3) is 0.586. The lowest BCUT2D eigenvalue weighted by Gasteiger charge is -2.38. The van der Waals surface area contributed by atoms with E-state index in [1.54, 1.807) is 0 Å². The molecule has 0 unspecified atom stereocenters. The number of carbonyl (C=O) groups excluding carboxylic acids is 4. The minimum atomic E-state index is -0.144. The van der Waals surface area contributed by atoms with Gasteiger partial charge in [-0.2, -0.15) is 0 Å². The molecule has 2 N–H and O–H groups in total. The third-order valence-electron chi connectivity index (χ3n) is 8.81. The molecule has 0 fully saturated rings. The number of rotatable bonds is 4. The van der Waals surface area contributed by atoms with Crippen molar-refractivity contribution in [3.8, 4) is 0 Å². The highest BCUT2D eigenvalue weighted by atomic mass is 16.1. The first-order chi connectivity index (χ1) is 17.0. The molecule has 4 aliphatic carbocycles. The topological polar surface area (TPSA) is 92.3 Å². The van der Waals surface area contributed by atoms with Gasteiger partial charge in [-0.3, -0.25) is 19.2 Å². The third kappa shape index (κ3) is 3.85. The van der Waals surface area contributed by atoms with Crippen LogP contribution < -0.4 is 10.6 Å². The van der Waals surface area contributed by atoms with Crippen molar-refractivity contribution >= 4 is 23.1 Å². The monoisotopic (exact) mass is 474 g/mol. The second-order valence-electron chi connectivity index (χ2n) is 11.0. The van der Waals surface area contributed by atoms with Gasteiger partial charge < -0.3 is 10.6 Å². The molecule has 0 saturated heterocycles. The largest absolute Gasteiger partial charge is 0.362 e. The maximum atomic E-state index is 13.0. The Morgan fingerprint density at radius 1 is 0.457 bits per heavy atom. The number of Topliss-reactive ketones (excluding diaryl/α,β-unsaturated/α-hetero) is 4. The van der Waals surface area contributed by atoms with Gasteiger partial charge in [-0.15, -0.1) is 0 Å². The lowest BCUT2D eigenvalue weighted by atomic mass is 9.70. The summed E-state index contributed by atoms with van der Waals surface area (Å²) in [7, 11) is 0. The van der Waals surface area contributed by atoms with E-state index in [-0.39, 0.29) is 35.0 Å². The maximum absolute atomic E-state index is 13.0. The van der Waals surface area contributed by atoms with Gasteiger partial charge in [-0.25, -0.2) is 0 Å². The van der Waals surface area contributed by atoms with Gasteiger partial charge in [0, 0.05) is 82.6 Å². The van der Waals surface area contributed by atoms with Crippen molar-refractivity contribution in [1.29, 1.82) is 0 Å². The van der Waals surface area contributed by atoms with Crippen LogP contribution in [0.4, 0.5) is 0 Å². The molecule has 2 aliphatic heterocycles. The number of allylic oxidation sites excluding steroid dienone is 8. The number of carbonyl (C=O) groups is 4. The Morgan fingerprint density at radius 3 is 1.03 bits per heavy atom. The van der Waals surface area contributed by atoms with Crippen molar-refractivity contribution in [2.24, 2.45) is 11.8 Å². The molecule has 0 atom stereocenters. The van der Waals surface area contributed by atoms with Crippen LogP contribution in [0.25, 0.3) is 0 Å². The number of nitrogens with one attached hydrogen (secondary N) is 2. The molecule has 0 aromatic heterocycles. The van der Waals surface area contributed by atoms with Crippen LogP contribution in [0.1, 0.15) is 96.3 Å². The molecular formula is C29H34N2O4. The van der Waals surface area contributed by atoms with Crippen LogP contribution in [0.2, 0.25) is 0 Å². The number of hydrogen-bond acceptors (Lipinski definition) is 6. The summed E-state index contributed by atoms with van der Waals surface area (Å²) >= 11 is 0. The smallest absolute Gasteiger partial charge is 0.161 e. The summed E-state index contributed by atoms with van der Waals surface area (Å²) in [5.41, 5.74) is 7.44. The lowest BCUT2D eigenvalue weighted by molar-refractivity contribution is -0.118. The van der Waals surface area contributed by atoms with Crippen molar-refractivity contribution in [3.63, 3.8) is 0 Å². The van der Waals surface area contributed by atoms with Crippen LogP contribution >= 0.6 is 0 Å². The van der Waals surface area contributed by atoms with Crippen LogP contribution in [-0.2, 0) is 19.2 Å². The van der Waals surface area contributed by atoms with E-state index in [4.69, 9.17) is 0 Å². The molecule has 6 nitrogen and oxygen atoms in total. The highest BCUT2D eigenvalue weighted by molar-refractivity contribution is 6.05. The number of dihydropyridines is 2. The summed E-state index contributed by atoms with van der Waals surface area (Å²) in [6.07, 6.45) is 11.3. The Balaban J connectivity index is 1.29. The normalized spacial score (nSPS) is 25.8. The predicted molar refractivity (Wildman–Crippen MR) is 131 cm³/mol. The Kier molecular flexibility index (Phi) is 5.85. The SMILES string of the molecule is O=C1CCCC2=C1C(CCCC1C3=C(CCCC3=O)NC3=C1C(=O)CCC3)C1=C(CCCC1=O)N2. The summed E-state index contributed by atoms with van der Waals surface area (Å²) < 4.78 is 0. The van der Waals surface area contributed by atoms with Crippen molar-refractivity contribution in [3.05, 3.63) is 45.1 Å². The molecular weight excluding hydrogens is 440 g/mol. The Morgan fingerprint density at radius 2 is 0.743 bits per heavy atom. The minimum absolute atomic E-state index is 0.144. The highest BCUT2D eigenvalue weighted by Gasteiger charge is 2.41. The molecule has 2 heterocycles.